The second-order valence-corrected chi connectivity index (χ2v) is 8.40. The van der Waals surface area contributed by atoms with Gasteiger partial charge in [-0.2, -0.15) is 0 Å². The van der Waals surface area contributed by atoms with Gasteiger partial charge in [-0.05, 0) is 52.6 Å². The molecule has 5 rings (SSSR count). The molecular formula is C32H28Cl2N4. The number of amidine groups is 2. The number of nitrogens with zero attached hydrogens (tertiary/aromatic N) is 2. The summed E-state index contributed by atoms with van der Waals surface area (Å²) >= 11 is 0. The Morgan fingerprint density at radius 1 is 0.395 bits per heavy atom. The quantitative estimate of drug-likeness (QED) is 0.170. The van der Waals surface area contributed by atoms with Gasteiger partial charge in [-0.15, -0.1) is 24.8 Å². The summed E-state index contributed by atoms with van der Waals surface area (Å²) in [5, 5.41) is 0. The van der Waals surface area contributed by atoms with Crippen LogP contribution in [0.4, 0.5) is 11.4 Å². The SMILES string of the molecule is Cl.Cl.NC(=Nc1ccc(-c2cccc(-c3cccc(N=C(N)c4ccccc4)c3)c2)cc1)c1ccccc1. The lowest BCUT2D eigenvalue weighted by molar-refractivity contribution is 1.44. The van der Waals surface area contributed by atoms with Crippen molar-refractivity contribution in [2.75, 3.05) is 0 Å². The monoisotopic (exact) mass is 538 g/mol. The fraction of sp³-hybridized carbons (Fsp3) is 0. The first-order valence-corrected chi connectivity index (χ1v) is 11.8. The first-order chi connectivity index (χ1) is 17.7. The summed E-state index contributed by atoms with van der Waals surface area (Å²) < 4.78 is 0. The van der Waals surface area contributed by atoms with Gasteiger partial charge in [0.05, 0.1) is 11.4 Å². The van der Waals surface area contributed by atoms with Gasteiger partial charge in [0.1, 0.15) is 11.7 Å². The van der Waals surface area contributed by atoms with Gasteiger partial charge < -0.3 is 11.5 Å². The Morgan fingerprint density at radius 2 is 0.842 bits per heavy atom. The number of halogens is 2. The predicted octanol–water partition coefficient (Wildman–Crippen LogP) is 7.94. The summed E-state index contributed by atoms with van der Waals surface area (Å²) in [6.45, 7) is 0. The highest BCUT2D eigenvalue weighted by Crippen LogP contribution is 2.30. The molecule has 0 bridgehead atoms. The number of aliphatic imine (C=N–C) groups is 2. The molecule has 5 aromatic carbocycles. The first-order valence-electron chi connectivity index (χ1n) is 11.8. The van der Waals surface area contributed by atoms with Crippen LogP contribution < -0.4 is 11.5 Å². The zero-order valence-corrected chi connectivity index (χ0v) is 22.2. The number of hydrogen-bond acceptors (Lipinski definition) is 2. The average molecular weight is 540 g/mol. The topological polar surface area (TPSA) is 76.8 Å². The van der Waals surface area contributed by atoms with E-state index in [9.17, 15) is 0 Å². The Hall–Kier alpha value is -4.38. The van der Waals surface area contributed by atoms with Crippen molar-refractivity contribution in [1.29, 1.82) is 0 Å². The Labute approximate surface area is 235 Å². The first kappa shape index (κ1) is 28.2. The molecule has 0 atom stereocenters. The summed E-state index contributed by atoms with van der Waals surface area (Å²) in [5.74, 6) is 0.998. The third kappa shape index (κ3) is 6.88. The van der Waals surface area contributed by atoms with Gasteiger partial charge in [0, 0.05) is 11.1 Å². The molecule has 4 N–H and O–H groups in total. The molecule has 6 heteroatoms. The molecule has 0 saturated carbocycles. The van der Waals surface area contributed by atoms with Crippen molar-refractivity contribution >= 4 is 47.9 Å². The Balaban J connectivity index is 0.00000200. The Morgan fingerprint density at radius 3 is 1.39 bits per heavy atom. The summed E-state index contributed by atoms with van der Waals surface area (Å²) in [6.07, 6.45) is 0. The van der Waals surface area contributed by atoms with Crippen LogP contribution in [0.15, 0.2) is 143 Å². The second-order valence-electron chi connectivity index (χ2n) is 8.40. The van der Waals surface area contributed by atoms with E-state index in [-0.39, 0.29) is 24.8 Å². The van der Waals surface area contributed by atoms with Crippen molar-refractivity contribution < 1.29 is 0 Å². The van der Waals surface area contributed by atoms with Crippen LogP contribution in [-0.4, -0.2) is 11.7 Å². The van der Waals surface area contributed by atoms with Crippen LogP contribution in [0.5, 0.6) is 0 Å². The number of benzene rings is 5. The van der Waals surface area contributed by atoms with Crippen LogP contribution in [0.25, 0.3) is 22.3 Å². The van der Waals surface area contributed by atoms with Crippen LogP contribution in [0.2, 0.25) is 0 Å². The van der Waals surface area contributed by atoms with Crippen LogP contribution >= 0.6 is 24.8 Å². The molecule has 0 aliphatic carbocycles. The summed E-state index contributed by atoms with van der Waals surface area (Å²) in [6, 6.07) is 44.2. The molecule has 0 heterocycles. The van der Waals surface area contributed by atoms with Crippen molar-refractivity contribution in [1.82, 2.24) is 0 Å². The smallest absolute Gasteiger partial charge is 0.131 e. The Bertz CT molecular complexity index is 1530. The van der Waals surface area contributed by atoms with Gasteiger partial charge in [0.25, 0.3) is 0 Å². The lowest BCUT2D eigenvalue weighted by atomic mass is 9.98. The molecule has 190 valence electrons. The molecule has 0 saturated heterocycles. The highest BCUT2D eigenvalue weighted by Gasteiger charge is 2.05. The molecule has 0 aliphatic heterocycles. The van der Waals surface area contributed by atoms with E-state index in [1.807, 2.05) is 84.9 Å². The molecule has 0 spiro atoms. The van der Waals surface area contributed by atoms with Gasteiger partial charge in [0.15, 0.2) is 0 Å². The molecule has 4 nitrogen and oxygen atoms in total. The van der Waals surface area contributed by atoms with Crippen LogP contribution in [0.3, 0.4) is 0 Å². The molecule has 0 radical (unpaired) electrons. The summed E-state index contributed by atoms with van der Waals surface area (Å²) in [7, 11) is 0. The zero-order chi connectivity index (χ0) is 24.7. The molecule has 0 aromatic heterocycles. The van der Waals surface area contributed by atoms with Gasteiger partial charge in [0.2, 0.25) is 0 Å². The largest absolute Gasteiger partial charge is 0.383 e. The minimum Gasteiger partial charge on any atom is -0.383 e. The standard InChI is InChI=1S/C32H26N4.2ClH/c33-31(24-9-3-1-4-10-24)35-29-19-17-23(18-20-29)26-13-7-14-27(21-26)28-15-8-16-30(22-28)36-32(34)25-11-5-2-6-12-25;;/h1-22H,(H2,33,35)(H2,34,36);2*1H. The third-order valence-corrected chi connectivity index (χ3v) is 5.88. The molecular weight excluding hydrogens is 511 g/mol. The lowest BCUT2D eigenvalue weighted by Crippen LogP contribution is -2.12. The van der Waals surface area contributed by atoms with Crippen LogP contribution in [0.1, 0.15) is 11.1 Å². The van der Waals surface area contributed by atoms with Crippen LogP contribution in [0, 0.1) is 0 Å². The molecule has 0 aliphatic rings. The van der Waals surface area contributed by atoms with E-state index < -0.39 is 0 Å². The highest BCUT2D eigenvalue weighted by molar-refractivity contribution is 5.99. The van der Waals surface area contributed by atoms with Crippen molar-refractivity contribution in [3.8, 4) is 22.3 Å². The maximum Gasteiger partial charge on any atom is 0.131 e. The Kier molecular flexibility index (Phi) is 9.83. The summed E-state index contributed by atoms with van der Waals surface area (Å²) in [5.41, 5.74) is 20.3. The minimum atomic E-state index is 0. The van der Waals surface area contributed by atoms with Gasteiger partial charge in [-0.1, -0.05) is 103 Å². The highest BCUT2D eigenvalue weighted by atomic mass is 35.5. The normalized spacial score (nSPS) is 11.3. The minimum absolute atomic E-state index is 0. The number of rotatable bonds is 6. The fourth-order valence-corrected chi connectivity index (χ4v) is 3.99. The summed E-state index contributed by atoms with van der Waals surface area (Å²) in [4.78, 5) is 9.18. The number of nitrogens with two attached hydrogens (primary N) is 2. The zero-order valence-electron chi connectivity index (χ0n) is 20.6. The molecule has 0 unspecified atom stereocenters. The number of hydrogen-bond donors (Lipinski definition) is 2. The van der Waals surface area contributed by atoms with Crippen molar-refractivity contribution in [2.24, 2.45) is 21.5 Å². The van der Waals surface area contributed by atoms with E-state index in [0.29, 0.717) is 11.7 Å². The van der Waals surface area contributed by atoms with Gasteiger partial charge in [-0.25, -0.2) is 9.98 Å². The van der Waals surface area contributed by atoms with E-state index in [0.717, 1.165) is 44.8 Å². The lowest BCUT2D eigenvalue weighted by Gasteiger charge is -2.08. The van der Waals surface area contributed by atoms with E-state index in [2.05, 4.69) is 58.5 Å². The van der Waals surface area contributed by atoms with E-state index >= 15 is 0 Å². The molecule has 0 amide bonds. The second kappa shape index (κ2) is 13.2. The van der Waals surface area contributed by atoms with Crippen molar-refractivity contribution in [2.45, 2.75) is 0 Å². The molecule has 5 aromatic rings. The predicted molar refractivity (Wildman–Crippen MR) is 165 cm³/mol. The van der Waals surface area contributed by atoms with Crippen molar-refractivity contribution in [3.05, 3.63) is 145 Å². The third-order valence-electron chi connectivity index (χ3n) is 5.88. The average Bonchev–Trinajstić information content (AvgIpc) is 2.94. The maximum absolute atomic E-state index is 6.22. The van der Waals surface area contributed by atoms with E-state index in [1.165, 1.54) is 0 Å². The van der Waals surface area contributed by atoms with Gasteiger partial charge in [-0.3, -0.25) is 0 Å². The van der Waals surface area contributed by atoms with Crippen LogP contribution in [-0.2, 0) is 0 Å². The van der Waals surface area contributed by atoms with Crippen molar-refractivity contribution in [3.63, 3.8) is 0 Å². The van der Waals surface area contributed by atoms with E-state index in [4.69, 9.17) is 11.5 Å². The maximum atomic E-state index is 6.22. The van der Waals surface area contributed by atoms with Gasteiger partial charge >= 0.3 is 0 Å². The fourth-order valence-electron chi connectivity index (χ4n) is 3.99. The van der Waals surface area contributed by atoms with E-state index in [1.54, 1.807) is 0 Å². The molecule has 38 heavy (non-hydrogen) atoms. The molecule has 0 fully saturated rings.